The first kappa shape index (κ1) is 10.8. The van der Waals surface area contributed by atoms with Crippen LogP contribution in [0.1, 0.15) is 12.8 Å². The van der Waals surface area contributed by atoms with Gasteiger partial charge in [-0.25, -0.2) is 0 Å². The maximum Gasteiger partial charge on any atom is 0.313 e. The smallest absolute Gasteiger partial charge is 0.313 e. The molecule has 78 valence electrons. The van der Waals surface area contributed by atoms with E-state index < -0.39 is 17.7 Å². The monoisotopic (exact) mass is 200 g/mol. The summed E-state index contributed by atoms with van der Waals surface area (Å²) in [6.45, 7) is 0.454. The van der Waals surface area contributed by atoms with Gasteiger partial charge in [0, 0.05) is 6.42 Å². The molecule has 0 saturated carbocycles. The predicted octanol–water partition coefficient (Wildman–Crippen LogP) is -0.276. The average Bonchev–Trinajstić information content (AvgIpc) is 2.18. The average molecular weight is 200 g/mol. The second kappa shape index (κ2) is 4.85. The van der Waals surface area contributed by atoms with Crippen LogP contribution >= 0.6 is 0 Å². The molecule has 1 rings (SSSR count). The SMILES string of the molecule is COC(=O)CC(=O)C1COCCC1=O. The number of carbonyl (C=O) groups excluding carboxylic acids is 3. The van der Waals surface area contributed by atoms with Gasteiger partial charge in [-0.2, -0.15) is 0 Å². The van der Waals surface area contributed by atoms with Crippen LogP contribution in [-0.4, -0.2) is 37.9 Å². The Bertz CT molecular complexity index is 258. The number of Topliss-reactive ketones (excluding diaryl/α,β-unsaturated/α-hetero) is 2. The molecule has 0 spiro atoms. The Kier molecular flexibility index (Phi) is 3.76. The summed E-state index contributed by atoms with van der Waals surface area (Å²) < 4.78 is 9.33. The standard InChI is InChI=1S/C9H12O5/c1-13-9(12)4-8(11)6-5-14-3-2-7(6)10/h6H,2-5H2,1H3. The number of methoxy groups -OCH3 is 1. The molecule has 0 aromatic heterocycles. The van der Waals surface area contributed by atoms with Crippen molar-refractivity contribution in [3.63, 3.8) is 0 Å². The molecule has 0 aliphatic carbocycles. The molecule has 1 aliphatic rings. The van der Waals surface area contributed by atoms with E-state index in [1.807, 2.05) is 0 Å². The highest BCUT2D eigenvalue weighted by Gasteiger charge is 2.30. The van der Waals surface area contributed by atoms with E-state index in [1.54, 1.807) is 0 Å². The molecule has 1 aliphatic heterocycles. The van der Waals surface area contributed by atoms with Crippen LogP contribution in [0.3, 0.4) is 0 Å². The third-order valence-electron chi connectivity index (χ3n) is 2.10. The number of esters is 1. The van der Waals surface area contributed by atoms with Crippen LogP contribution in [-0.2, 0) is 23.9 Å². The van der Waals surface area contributed by atoms with E-state index in [0.717, 1.165) is 0 Å². The van der Waals surface area contributed by atoms with Crippen LogP contribution in [0.15, 0.2) is 0 Å². The number of rotatable bonds is 3. The zero-order valence-electron chi connectivity index (χ0n) is 7.95. The fourth-order valence-electron chi connectivity index (χ4n) is 1.25. The Labute approximate surface area is 81.4 Å². The van der Waals surface area contributed by atoms with E-state index in [1.165, 1.54) is 7.11 Å². The number of ketones is 2. The first-order valence-corrected chi connectivity index (χ1v) is 4.35. The molecule has 1 unspecified atom stereocenters. The zero-order valence-corrected chi connectivity index (χ0v) is 7.95. The van der Waals surface area contributed by atoms with E-state index in [4.69, 9.17) is 4.74 Å². The second-order valence-corrected chi connectivity index (χ2v) is 3.06. The largest absolute Gasteiger partial charge is 0.469 e. The zero-order chi connectivity index (χ0) is 10.6. The molecular weight excluding hydrogens is 188 g/mol. The summed E-state index contributed by atoms with van der Waals surface area (Å²) in [5.41, 5.74) is 0. The number of ether oxygens (including phenoxy) is 2. The van der Waals surface area contributed by atoms with Crippen LogP contribution in [0.25, 0.3) is 0 Å². The van der Waals surface area contributed by atoms with Crippen molar-refractivity contribution in [2.45, 2.75) is 12.8 Å². The molecule has 1 saturated heterocycles. The van der Waals surface area contributed by atoms with Crippen molar-refractivity contribution in [2.24, 2.45) is 5.92 Å². The minimum Gasteiger partial charge on any atom is -0.469 e. The molecule has 0 bridgehead atoms. The maximum atomic E-state index is 11.4. The van der Waals surface area contributed by atoms with Gasteiger partial charge in [-0.1, -0.05) is 0 Å². The predicted molar refractivity (Wildman–Crippen MR) is 45.6 cm³/mol. The molecule has 0 aromatic carbocycles. The molecule has 14 heavy (non-hydrogen) atoms. The highest BCUT2D eigenvalue weighted by molar-refractivity contribution is 6.08. The van der Waals surface area contributed by atoms with Gasteiger partial charge in [-0.15, -0.1) is 0 Å². The van der Waals surface area contributed by atoms with Gasteiger partial charge in [0.2, 0.25) is 0 Å². The van der Waals surface area contributed by atoms with E-state index in [0.29, 0.717) is 6.61 Å². The summed E-state index contributed by atoms with van der Waals surface area (Å²) in [5, 5.41) is 0. The van der Waals surface area contributed by atoms with Gasteiger partial charge in [0.15, 0.2) is 5.78 Å². The molecule has 0 amide bonds. The van der Waals surface area contributed by atoms with E-state index in [-0.39, 0.29) is 25.2 Å². The highest BCUT2D eigenvalue weighted by atomic mass is 16.5. The summed E-state index contributed by atoms with van der Waals surface area (Å²) in [6.07, 6.45) is -0.103. The Morgan fingerprint density at radius 1 is 1.57 bits per heavy atom. The number of hydrogen-bond donors (Lipinski definition) is 0. The minimum atomic E-state index is -0.775. The molecule has 5 nitrogen and oxygen atoms in total. The molecule has 1 fully saturated rings. The lowest BCUT2D eigenvalue weighted by Crippen LogP contribution is -2.34. The van der Waals surface area contributed by atoms with Gasteiger partial charge in [-0.3, -0.25) is 14.4 Å². The van der Waals surface area contributed by atoms with Gasteiger partial charge in [-0.05, 0) is 0 Å². The Morgan fingerprint density at radius 3 is 2.86 bits per heavy atom. The third-order valence-corrected chi connectivity index (χ3v) is 2.10. The van der Waals surface area contributed by atoms with Crippen molar-refractivity contribution >= 4 is 17.5 Å². The Morgan fingerprint density at radius 2 is 2.29 bits per heavy atom. The topological polar surface area (TPSA) is 69.7 Å². The van der Waals surface area contributed by atoms with E-state index >= 15 is 0 Å². The quantitative estimate of drug-likeness (QED) is 0.463. The van der Waals surface area contributed by atoms with Crippen LogP contribution in [0.4, 0.5) is 0 Å². The van der Waals surface area contributed by atoms with Gasteiger partial charge in [0.1, 0.15) is 18.1 Å². The molecule has 0 N–H and O–H groups in total. The van der Waals surface area contributed by atoms with Crippen molar-refractivity contribution < 1.29 is 23.9 Å². The summed E-state index contributed by atoms with van der Waals surface area (Å²) in [4.78, 5) is 33.4. The molecule has 0 radical (unpaired) electrons. The molecule has 0 aromatic rings. The van der Waals surface area contributed by atoms with Gasteiger partial charge < -0.3 is 9.47 Å². The fraction of sp³-hybridized carbons (Fsp3) is 0.667. The van der Waals surface area contributed by atoms with Crippen LogP contribution < -0.4 is 0 Å². The summed E-state index contributed by atoms with van der Waals surface area (Å²) >= 11 is 0. The van der Waals surface area contributed by atoms with Gasteiger partial charge in [0.05, 0.1) is 20.3 Å². The lowest BCUT2D eigenvalue weighted by atomic mass is 9.94. The van der Waals surface area contributed by atoms with Crippen molar-refractivity contribution in [1.29, 1.82) is 0 Å². The lowest BCUT2D eigenvalue weighted by molar-refractivity contribution is -0.147. The van der Waals surface area contributed by atoms with E-state index in [2.05, 4.69) is 4.74 Å². The number of carbonyl (C=O) groups is 3. The Hall–Kier alpha value is -1.23. The maximum absolute atomic E-state index is 11.4. The first-order valence-electron chi connectivity index (χ1n) is 4.35. The van der Waals surface area contributed by atoms with Gasteiger partial charge in [0.25, 0.3) is 0 Å². The summed E-state index contributed by atoms with van der Waals surface area (Å²) in [5.74, 6) is -1.96. The van der Waals surface area contributed by atoms with Gasteiger partial charge >= 0.3 is 5.97 Å². The highest BCUT2D eigenvalue weighted by Crippen LogP contribution is 2.12. The third kappa shape index (κ3) is 2.63. The number of hydrogen-bond acceptors (Lipinski definition) is 5. The lowest BCUT2D eigenvalue weighted by Gasteiger charge is -2.19. The first-order chi connectivity index (χ1) is 6.65. The molecular formula is C9H12O5. The Balaban J connectivity index is 2.50. The second-order valence-electron chi connectivity index (χ2n) is 3.06. The van der Waals surface area contributed by atoms with E-state index in [9.17, 15) is 14.4 Å². The summed E-state index contributed by atoms with van der Waals surface area (Å²) in [6, 6.07) is 0. The van der Waals surface area contributed by atoms with Crippen molar-refractivity contribution in [3.8, 4) is 0 Å². The van der Waals surface area contributed by atoms with Crippen LogP contribution in [0, 0.1) is 5.92 Å². The fourth-order valence-corrected chi connectivity index (χ4v) is 1.25. The molecule has 1 atom stereocenters. The normalized spacial score (nSPS) is 21.8. The van der Waals surface area contributed by atoms with Crippen molar-refractivity contribution in [3.05, 3.63) is 0 Å². The summed E-state index contributed by atoms with van der Waals surface area (Å²) in [7, 11) is 1.20. The molecule has 1 heterocycles. The van der Waals surface area contributed by atoms with Crippen LogP contribution in [0.5, 0.6) is 0 Å². The minimum absolute atomic E-state index is 0.0919. The molecule has 5 heteroatoms. The van der Waals surface area contributed by atoms with Crippen LogP contribution in [0.2, 0.25) is 0 Å². The van der Waals surface area contributed by atoms with Crippen molar-refractivity contribution in [2.75, 3.05) is 20.3 Å². The van der Waals surface area contributed by atoms with Crippen molar-refractivity contribution in [1.82, 2.24) is 0 Å².